The van der Waals surface area contributed by atoms with Crippen LogP contribution in [0, 0.1) is 10.8 Å². The topological polar surface area (TPSA) is 274 Å². The van der Waals surface area contributed by atoms with Crippen molar-refractivity contribution in [2.24, 2.45) is 21.9 Å². The molecule has 258 valence electrons. The summed E-state index contributed by atoms with van der Waals surface area (Å²) in [4.78, 5) is 0. The Kier molecular flexibility index (Phi) is 8.52. The molecule has 0 spiro atoms. The molecule has 0 bridgehead atoms. The second kappa shape index (κ2) is 12.1. The number of benzene rings is 4. The molecule has 0 amide bonds. The Bertz CT molecular complexity index is 2270. The van der Waals surface area contributed by atoms with Crippen molar-refractivity contribution in [3.05, 3.63) is 128 Å². The molecule has 0 aliphatic heterocycles. The third-order valence-electron chi connectivity index (χ3n) is 9.16. The predicted molar refractivity (Wildman–Crippen MR) is 188 cm³/mol. The van der Waals surface area contributed by atoms with Crippen LogP contribution in [0.1, 0.15) is 33.4 Å². The van der Waals surface area contributed by atoms with Gasteiger partial charge in [-0.25, -0.2) is 0 Å². The fourth-order valence-electron chi connectivity index (χ4n) is 6.96. The number of rotatable bonds is 5. The lowest BCUT2D eigenvalue weighted by Gasteiger charge is -2.41. The van der Waals surface area contributed by atoms with E-state index in [4.69, 9.17) is 45.7 Å². The molecule has 0 fully saturated rings. The number of hydrazone groups is 2. The van der Waals surface area contributed by atoms with E-state index in [0.29, 0.717) is 11.1 Å². The molecule has 50 heavy (non-hydrogen) atoms. The number of nitrogens with zero attached hydrogens (tertiary/aromatic N) is 2. The van der Waals surface area contributed by atoms with Gasteiger partial charge in [0.15, 0.2) is 9.49 Å². The highest BCUT2D eigenvalue weighted by Gasteiger charge is 2.61. The van der Waals surface area contributed by atoms with Crippen LogP contribution in [0.5, 0.6) is 0 Å². The monoisotopic (exact) mass is 756 g/mol. The lowest BCUT2D eigenvalue weighted by molar-refractivity contribution is 0.196. The van der Waals surface area contributed by atoms with E-state index in [0.717, 1.165) is 0 Å². The molecule has 0 aromatic heterocycles. The molecular weight excluding hydrogens is 731 g/mol. The molecule has 6 rings (SSSR count). The molecule has 0 saturated carbocycles. The van der Waals surface area contributed by atoms with Crippen LogP contribution >= 0.6 is 23.2 Å². The van der Waals surface area contributed by atoms with Crippen molar-refractivity contribution in [1.82, 2.24) is 0 Å². The smallest absolute Gasteiger partial charge is 0.282 e. The van der Waals surface area contributed by atoms with E-state index in [1.54, 1.807) is 0 Å². The van der Waals surface area contributed by atoms with Crippen LogP contribution in [-0.2, 0) is 29.7 Å². The molecule has 0 saturated heterocycles. The first-order valence-corrected chi connectivity index (χ1v) is 18.0. The zero-order chi connectivity index (χ0) is 36.6. The highest BCUT2D eigenvalue weighted by Crippen LogP contribution is 2.51. The first-order valence-electron chi connectivity index (χ1n) is 14.3. The zero-order valence-corrected chi connectivity index (χ0v) is 28.4. The third-order valence-corrected chi connectivity index (χ3v) is 12.7. The summed E-state index contributed by atoms with van der Waals surface area (Å²) in [5, 5.41) is 46.2. The van der Waals surface area contributed by atoms with Crippen LogP contribution in [0.25, 0.3) is 11.1 Å². The van der Waals surface area contributed by atoms with Gasteiger partial charge >= 0.3 is 0 Å². The summed E-state index contributed by atoms with van der Waals surface area (Å²) in [5.74, 6) is 10.9. The van der Waals surface area contributed by atoms with Gasteiger partial charge in [-0.3, -0.25) is 19.9 Å². The van der Waals surface area contributed by atoms with Crippen molar-refractivity contribution in [2.45, 2.75) is 21.7 Å². The molecular formula is C32H26Cl2N6O8S2. The highest BCUT2D eigenvalue weighted by molar-refractivity contribution is 7.87. The molecule has 14 nitrogen and oxygen atoms in total. The number of nitrogens with two attached hydrogens (primary N) is 2. The molecule has 18 heteroatoms. The van der Waals surface area contributed by atoms with Crippen LogP contribution in [0.15, 0.2) is 95.1 Å². The lowest BCUT2D eigenvalue weighted by Crippen LogP contribution is -2.57. The quantitative estimate of drug-likeness (QED) is 0.0837. The van der Waals surface area contributed by atoms with Crippen LogP contribution < -0.4 is 11.7 Å². The maximum atomic E-state index is 13.3. The van der Waals surface area contributed by atoms with Gasteiger partial charge in [-0.1, -0.05) is 96.0 Å². The number of fused-ring (bicyclic) bond motifs is 2. The summed E-state index contributed by atoms with van der Waals surface area (Å²) in [5.41, 5.74) is -1.92. The first-order chi connectivity index (χ1) is 23.5. The number of hydrogen-bond acceptors (Lipinski definition) is 12. The summed E-state index contributed by atoms with van der Waals surface area (Å²) in [6, 6.07) is 19.3. The van der Waals surface area contributed by atoms with Gasteiger partial charge in [-0.05, 0) is 34.4 Å². The maximum absolute atomic E-state index is 13.3. The van der Waals surface area contributed by atoms with Crippen molar-refractivity contribution in [1.29, 1.82) is 10.8 Å². The van der Waals surface area contributed by atoms with E-state index < -0.39 is 53.4 Å². The van der Waals surface area contributed by atoms with E-state index in [9.17, 15) is 36.2 Å². The van der Waals surface area contributed by atoms with E-state index in [1.807, 2.05) is 0 Å². The van der Waals surface area contributed by atoms with E-state index in [2.05, 4.69) is 10.2 Å². The van der Waals surface area contributed by atoms with Gasteiger partial charge < -0.3 is 21.9 Å². The van der Waals surface area contributed by atoms with Crippen molar-refractivity contribution in [2.75, 3.05) is 0 Å². The minimum atomic E-state index is -5.28. The normalized spacial score (nSPS) is 25.4. The van der Waals surface area contributed by atoms with Crippen molar-refractivity contribution < 1.29 is 36.2 Å². The molecule has 4 atom stereocenters. The Morgan fingerprint density at radius 3 is 1.24 bits per heavy atom. The molecule has 4 aromatic rings. The number of halogens is 2. The van der Waals surface area contributed by atoms with Crippen LogP contribution in [0.4, 0.5) is 0 Å². The van der Waals surface area contributed by atoms with Crippen molar-refractivity contribution >= 4 is 66.3 Å². The Balaban J connectivity index is 1.55. The fraction of sp³-hybridized carbons (Fsp3) is 0.125. The van der Waals surface area contributed by atoms with E-state index in [-0.39, 0.29) is 54.8 Å². The standard InChI is InChI=1S/C32H26Cl2N6O8S2/c33-23-13-15(9-11-21(23)31(49(43,44)45)19-7-3-1-5-17(19)25(35)27(39-37)29(31)41)16-10-12-22(24(34)14-16)32(50(46,47)48)20-8-4-2-6-18(20)26(36)28(40-38)30(32)42/h1-14,29-30,35-36,41-42H,37-38H2,(H,43,44,45)(H,46,47,48). The van der Waals surface area contributed by atoms with Crippen LogP contribution in [-0.4, -0.2) is 71.2 Å². The number of aliphatic hydroxyl groups is 2. The number of hydrogen-bond donors (Lipinski definition) is 8. The summed E-state index contributed by atoms with van der Waals surface area (Å²) >= 11 is 13.5. The Morgan fingerprint density at radius 2 is 0.940 bits per heavy atom. The minimum absolute atomic E-state index is 0.0272. The fourth-order valence-corrected chi connectivity index (χ4v) is 10.3. The molecule has 2 aliphatic rings. The second-order valence-electron chi connectivity index (χ2n) is 11.5. The van der Waals surface area contributed by atoms with E-state index in [1.165, 1.54) is 84.9 Å². The maximum Gasteiger partial charge on any atom is 0.282 e. The Morgan fingerprint density at radius 1 is 0.600 bits per heavy atom. The van der Waals surface area contributed by atoms with Gasteiger partial charge in [-0.2, -0.15) is 27.0 Å². The molecule has 10 N–H and O–H groups in total. The second-order valence-corrected chi connectivity index (χ2v) is 15.5. The lowest BCUT2D eigenvalue weighted by atomic mass is 9.73. The van der Waals surface area contributed by atoms with Gasteiger partial charge in [-0.15, -0.1) is 0 Å². The largest absolute Gasteiger partial charge is 0.384 e. The van der Waals surface area contributed by atoms with Gasteiger partial charge in [0.2, 0.25) is 0 Å². The highest BCUT2D eigenvalue weighted by atomic mass is 35.5. The van der Waals surface area contributed by atoms with Crippen molar-refractivity contribution in [3.63, 3.8) is 0 Å². The van der Waals surface area contributed by atoms with Crippen LogP contribution in [0.3, 0.4) is 0 Å². The van der Waals surface area contributed by atoms with Crippen LogP contribution in [0.2, 0.25) is 10.0 Å². The number of aliphatic hydroxyl groups excluding tert-OH is 2. The Labute approximate surface area is 295 Å². The van der Waals surface area contributed by atoms with Gasteiger partial charge in [0.05, 0.1) is 11.4 Å². The molecule has 4 aromatic carbocycles. The molecule has 0 radical (unpaired) electrons. The van der Waals surface area contributed by atoms with E-state index >= 15 is 0 Å². The SMILES string of the molecule is N=C1C(=NN)C(O)C(c2ccc(-c3ccc(C4(S(=O)(=O)O)c5ccccc5C(=N)C(=NN)C4O)c(Cl)c3)cc2Cl)(S(=O)(=O)O)c2ccccc21. The summed E-state index contributed by atoms with van der Waals surface area (Å²) < 4.78 is 69.4. The summed E-state index contributed by atoms with van der Waals surface area (Å²) in [6.07, 6.45) is -4.32. The number of nitrogens with one attached hydrogen (secondary N) is 2. The summed E-state index contributed by atoms with van der Waals surface area (Å²) in [6.45, 7) is 0. The average Bonchev–Trinajstić information content (AvgIpc) is 3.05. The Hall–Kier alpha value is -4.52. The minimum Gasteiger partial charge on any atom is -0.384 e. The van der Waals surface area contributed by atoms with Gasteiger partial charge in [0.1, 0.15) is 23.6 Å². The zero-order valence-electron chi connectivity index (χ0n) is 25.3. The first kappa shape index (κ1) is 35.3. The summed E-state index contributed by atoms with van der Waals surface area (Å²) in [7, 11) is -10.6. The van der Waals surface area contributed by atoms with Crippen molar-refractivity contribution in [3.8, 4) is 11.1 Å². The van der Waals surface area contributed by atoms with Gasteiger partial charge in [0, 0.05) is 32.3 Å². The molecule has 0 heterocycles. The van der Waals surface area contributed by atoms with Gasteiger partial charge in [0.25, 0.3) is 20.2 Å². The molecule has 2 aliphatic carbocycles. The third kappa shape index (κ3) is 4.68. The average molecular weight is 758 g/mol. The molecule has 4 unspecified atom stereocenters. The predicted octanol–water partition coefficient (Wildman–Crippen LogP) is 3.04.